The molecule has 1 amide bonds. The molecule has 0 radical (unpaired) electrons. The number of rotatable bonds is 6. The second-order valence-electron chi connectivity index (χ2n) is 5.50. The maximum atomic E-state index is 12.0. The largest absolute Gasteiger partial charge is 0.493 e. The fraction of sp³-hybridized carbons (Fsp3) is 0.263. The third kappa shape index (κ3) is 5.10. The number of nitrogens with zero attached hydrogens (tertiary/aromatic N) is 1. The van der Waals surface area contributed by atoms with Crippen LogP contribution in [-0.2, 0) is 11.2 Å². The van der Waals surface area contributed by atoms with Crippen LogP contribution in [0.1, 0.15) is 29.2 Å². The first-order valence-electron chi connectivity index (χ1n) is 7.80. The van der Waals surface area contributed by atoms with Gasteiger partial charge in [0, 0.05) is 10.6 Å². The van der Waals surface area contributed by atoms with Gasteiger partial charge in [0.05, 0.1) is 19.2 Å². The van der Waals surface area contributed by atoms with E-state index in [1.165, 1.54) is 17.3 Å². The number of ether oxygens (including phenoxy) is 1. The summed E-state index contributed by atoms with van der Waals surface area (Å²) in [6.45, 7) is 6.52. The number of halogens is 1. The van der Waals surface area contributed by atoms with Crippen molar-refractivity contribution in [1.29, 1.82) is 0 Å². The smallest absolute Gasteiger partial charge is 0.244 e. The van der Waals surface area contributed by atoms with Gasteiger partial charge in [-0.2, -0.15) is 5.10 Å². The van der Waals surface area contributed by atoms with Gasteiger partial charge in [-0.25, -0.2) is 5.43 Å². The Morgan fingerprint density at radius 3 is 2.71 bits per heavy atom. The van der Waals surface area contributed by atoms with E-state index in [1.807, 2.05) is 39.0 Å². The molecule has 0 aliphatic heterocycles. The molecule has 126 valence electrons. The van der Waals surface area contributed by atoms with Gasteiger partial charge in [-0.3, -0.25) is 4.79 Å². The molecule has 0 bridgehead atoms. The highest BCUT2D eigenvalue weighted by Crippen LogP contribution is 2.21. The number of carbonyl (C=O) groups is 1. The Bertz CT molecular complexity index is 757. The molecule has 4 nitrogen and oxygen atoms in total. The first-order valence-corrected chi connectivity index (χ1v) is 8.17. The van der Waals surface area contributed by atoms with Gasteiger partial charge in [-0.05, 0) is 55.7 Å². The van der Waals surface area contributed by atoms with Crippen molar-refractivity contribution in [2.24, 2.45) is 5.10 Å². The van der Waals surface area contributed by atoms with Gasteiger partial charge in [-0.15, -0.1) is 0 Å². The Morgan fingerprint density at radius 2 is 2.00 bits per heavy atom. The maximum absolute atomic E-state index is 12.0. The van der Waals surface area contributed by atoms with Crippen LogP contribution in [0.2, 0.25) is 5.02 Å². The molecule has 0 spiro atoms. The van der Waals surface area contributed by atoms with Crippen LogP contribution >= 0.6 is 11.6 Å². The summed E-state index contributed by atoms with van der Waals surface area (Å²) in [7, 11) is 0. The minimum atomic E-state index is -0.172. The van der Waals surface area contributed by atoms with E-state index >= 15 is 0 Å². The van der Waals surface area contributed by atoms with E-state index in [0.29, 0.717) is 17.4 Å². The lowest BCUT2D eigenvalue weighted by Crippen LogP contribution is -2.19. The van der Waals surface area contributed by atoms with Crippen molar-refractivity contribution in [1.82, 2.24) is 5.43 Å². The summed E-state index contributed by atoms with van der Waals surface area (Å²) in [5.41, 5.74) is 6.59. The van der Waals surface area contributed by atoms with E-state index in [9.17, 15) is 4.79 Å². The zero-order chi connectivity index (χ0) is 17.5. The number of hydrogen-bond donors (Lipinski definition) is 1. The molecule has 1 N–H and O–H groups in total. The van der Waals surface area contributed by atoms with Crippen LogP contribution in [0.4, 0.5) is 0 Å². The van der Waals surface area contributed by atoms with Gasteiger partial charge in [-0.1, -0.05) is 29.8 Å². The highest BCUT2D eigenvalue weighted by atomic mass is 35.5. The molecular formula is C19H21ClN2O2. The summed E-state index contributed by atoms with van der Waals surface area (Å²) < 4.78 is 5.51. The van der Waals surface area contributed by atoms with Crippen LogP contribution in [0.5, 0.6) is 5.75 Å². The van der Waals surface area contributed by atoms with Crippen LogP contribution in [-0.4, -0.2) is 18.7 Å². The van der Waals surface area contributed by atoms with Gasteiger partial charge in [0.1, 0.15) is 5.75 Å². The molecule has 0 unspecified atom stereocenters. The summed E-state index contributed by atoms with van der Waals surface area (Å²) in [6, 6.07) is 11.3. The van der Waals surface area contributed by atoms with Crippen LogP contribution < -0.4 is 10.2 Å². The number of benzene rings is 2. The van der Waals surface area contributed by atoms with Crippen LogP contribution in [0, 0.1) is 13.8 Å². The monoisotopic (exact) mass is 344 g/mol. The number of amides is 1. The number of hydrazone groups is 1. The number of hydrogen-bond acceptors (Lipinski definition) is 3. The fourth-order valence-electron chi connectivity index (χ4n) is 2.22. The molecule has 0 aliphatic carbocycles. The average molecular weight is 345 g/mol. The Labute approximate surface area is 147 Å². The minimum absolute atomic E-state index is 0.172. The molecule has 0 aromatic heterocycles. The normalized spacial score (nSPS) is 10.8. The third-order valence-electron chi connectivity index (χ3n) is 3.60. The number of aryl methyl sites for hydroxylation is 2. The third-order valence-corrected chi connectivity index (χ3v) is 3.84. The van der Waals surface area contributed by atoms with Crippen molar-refractivity contribution in [3.63, 3.8) is 0 Å². The number of carbonyl (C=O) groups excluding carboxylic acids is 1. The number of nitrogens with one attached hydrogen (secondary N) is 1. The maximum Gasteiger partial charge on any atom is 0.244 e. The quantitative estimate of drug-likeness (QED) is 0.635. The van der Waals surface area contributed by atoms with E-state index in [1.54, 1.807) is 18.2 Å². The van der Waals surface area contributed by atoms with Crippen LogP contribution in [0.15, 0.2) is 41.5 Å². The molecule has 0 atom stereocenters. The van der Waals surface area contributed by atoms with Gasteiger partial charge in [0.15, 0.2) is 0 Å². The molecule has 0 saturated carbocycles. The molecule has 0 heterocycles. The zero-order valence-corrected chi connectivity index (χ0v) is 14.9. The SMILES string of the molecule is CCOc1ccc(Cl)cc1/C=N\NC(=O)Cc1ccc(C)c(C)c1. The summed E-state index contributed by atoms with van der Waals surface area (Å²) >= 11 is 5.99. The standard InChI is InChI=1S/C19H21ClN2O2/c1-4-24-18-8-7-17(20)11-16(18)12-21-22-19(23)10-15-6-5-13(2)14(3)9-15/h5-9,11-12H,4,10H2,1-3H3,(H,22,23)/b21-12-. The van der Waals surface area contributed by atoms with Crippen molar-refractivity contribution in [3.8, 4) is 5.75 Å². The molecule has 0 aliphatic rings. The van der Waals surface area contributed by atoms with Crippen LogP contribution in [0.3, 0.4) is 0 Å². The second-order valence-corrected chi connectivity index (χ2v) is 5.94. The van der Waals surface area contributed by atoms with E-state index in [4.69, 9.17) is 16.3 Å². The fourth-order valence-corrected chi connectivity index (χ4v) is 2.40. The van der Waals surface area contributed by atoms with E-state index < -0.39 is 0 Å². The summed E-state index contributed by atoms with van der Waals surface area (Å²) in [5.74, 6) is 0.503. The molecule has 2 aromatic rings. The first kappa shape index (κ1) is 18.0. The predicted molar refractivity (Wildman–Crippen MR) is 98.0 cm³/mol. The van der Waals surface area contributed by atoms with Crippen molar-refractivity contribution in [3.05, 3.63) is 63.7 Å². The highest BCUT2D eigenvalue weighted by molar-refractivity contribution is 6.30. The lowest BCUT2D eigenvalue weighted by Gasteiger charge is -2.07. The second kappa shape index (κ2) is 8.50. The molecule has 0 fully saturated rings. The van der Waals surface area contributed by atoms with Crippen molar-refractivity contribution in [2.75, 3.05) is 6.61 Å². The molecule has 0 saturated heterocycles. The Balaban J connectivity index is 1.99. The van der Waals surface area contributed by atoms with E-state index in [-0.39, 0.29) is 12.3 Å². The Kier molecular flexibility index (Phi) is 6.38. The topological polar surface area (TPSA) is 50.7 Å². The van der Waals surface area contributed by atoms with Crippen molar-refractivity contribution < 1.29 is 9.53 Å². The van der Waals surface area contributed by atoms with Crippen molar-refractivity contribution in [2.45, 2.75) is 27.2 Å². The predicted octanol–water partition coefficient (Wildman–Crippen LogP) is 4.05. The molecule has 24 heavy (non-hydrogen) atoms. The van der Waals surface area contributed by atoms with Gasteiger partial charge < -0.3 is 4.74 Å². The Hall–Kier alpha value is -2.33. The van der Waals surface area contributed by atoms with Gasteiger partial charge in [0.2, 0.25) is 5.91 Å². The van der Waals surface area contributed by atoms with E-state index in [0.717, 1.165) is 11.1 Å². The lowest BCUT2D eigenvalue weighted by atomic mass is 10.0. The summed E-state index contributed by atoms with van der Waals surface area (Å²) in [6.07, 6.45) is 1.82. The molecule has 2 rings (SSSR count). The summed E-state index contributed by atoms with van der Waals surface area (Å²) in [4.78, 5) is 12.0. The molecule has 2 aromatic carbocycles. The highest BCUT2D eigenvalue weighted by Gasteiger charge is 2.05. The summed E-state index contributed by atoms with van der Waals surface area (Å²) in [5, 5.41) is 4.58. The Morgan fingerprint density at radius 1 is 1.21 bits per heavy atom. The zero-order valence-electron chi connectivity index (χ0n) is 14.1. The lowest BCUT2D eigenvalue weighted by molar-refractivity contribution is -0.120. The average Bonchev–Trinajstić information content (AvgIpc) is 2.53. The van der Waals surface area contributed by atoms with E-state index in [2.05, 4.69) is 10.5 Å². The molecule has 5 heteroatoms. The minimum Gasteiger partial charge on any atom is -0.493 e. The van der Waals surface area contributed by atoms with Gasteiger partial charge >= 0.3 is 0 Å². The molecular weight excluding hydrogens is 324 g/mol. The van der Waals surface area contributed by atoms with Crippen molar-refractivity contribution >= 4 is 23.7 Å². The first-order chi connectivity index (χ1) is 11.5. The van der Waals surface area contributed by atoms with Crippen LogP contribution in [0.25, 0.3) is 0 Å². The van der Waals surface area contributed by atoms with Gasteiger partial charge in [0.25, 0.3) is 0 Å².